The predicted molar refractivity (Wildman–Crippen MR) is 70.8 cm³/mol. The number of carbonyl (C=O) groups is 1. The summed E-state index contributed by atoms with van der Waals surface area (Å²) >= 11 is 1.54. The summed E-state index contributed by atoms with van der Waals surface area (Å²) in [6.45, 7) is 7.07. The lowest BCUT2D eigenvalue weighted by molar-refractivity contribution is -0.120. The standard InChI is InChI=1S/C12H19N3O2S/c1-10-11(18-9-14-10)8-12(16)13-2-3-15-4-6-17-7-5-15/h9H,2-8H2,1H3,(H,13,16). The van der Waals surface area contributed by atoms with Gasteiger partial charge < -0.3 is 10.1 Å². The molecule has 0 aliphatic carbocycles. The summed E-state index contributed by atoms with van der Waals surface area (Å²) in [5.41, 5.74) is 2.74. The number of aromatic nitrogens is 1. The van der Waals surface area contributed by atoms with Crippen LogP contribution in [0.2, 0.25) is 0 Å². The topological polar surface area (TPSA) is 54.5 Å². The Morgan fingerprint density at radius 2 is 2.33 bits per heavy atom. The molecule has 1 saturated heterocycles. The number of nitrogens with one attached hydrogen (secondary N) is 1. The summed E-state index contributed by atoms with van der Waals surface area (Å²) in [5, 5.41) is 2.95. The van der Waals surface area contributed by atoms with Crippen LogP contribution in [0.3, 0.4) is 0 Å². The summed E-state index contributed by atoms with van der Waals surface area (Å²) < 4.78 is 5.28. The van der Waals surface area contributed by atoms with Gasteiger partial charge in [0.05, 0.1) is 30.8 Å². The van der Waals surface area contributed by atoms with Crippen molar-refractivity contribution in [1.29, 1.82) is 0 Å². The number of rotatable bonds is 5. The molecule has 18 heavy (non-hydrogen) atoms. The number of aryl methyl sites for hydroxylation is 1. The molecule has 100 valence electrons. The fourth-order valence-corrected chi connectivity index (χ4v) is 2.66. The van der Waals surface area contributed by atoms with Crippen LogP contribution in [0.15, 0.2) is 5.51 Å². The molecule has 1 aromatic heterocycles. The molecular formula is C12H19N3O2S. The van der Waals surface area contributed by atoms with E-state index in [1.165, 1.54) is 0 Å². The summed E-state index contributed by atoms with van der Waals surface area (Å²) in [6, 6.07) is 0. The first kappa shape index (κ1) is 13.5. The molecule has 2 heterocycles. The van der Waals surface area contributed by atoms with E-state index in [0.717, 1.165) is 43.4 Å². The molecule has 1 aliphatic heterocycles. The molecule has 1 amide bonds. The zero-order chi connectivity index (χ0) is 12.8. The molecule has 0 radical (unpaired) electrons. The molecule has 0 bridgehead atoms. The molecular weight excluding hydrogens is 250 g/mol. The molecule has 6 heteroatoms. The van der Waals surface area contributed by atoms with Crippen LogP contribution >= 0.6 is 11.3 Å². The summed E-state index contributed by atoms with van der Waals surface area (Å²) in [4.78, 5) is 19.2. The van der Waals surface area contributed by atoms with E-state index >= 15 is 0 Å². The minimum atomic E-state index is 0.0793. The first-order valence-electron chi connectivity index (χ1n) is 6.21. The number of nitrogens with zero attached hydrogens (tertiary/aromatic N) is 2. The third kappa shape index (κ3) is 4.04. The van der Waals surface area contributed by atoms with Crippen LogP contribution in [0, 0.1) is 6.92 Å². The molecule has 2 rings (SSSR count). The van der Waals surface area contributed by atoms with Crippen LogP contribution in [0.1, 0.15) is 10.6 Å². The number of hydrogen-bond donors (Lipinski definition) is 1. The van der Waals surface area contributed by atoms with Crippen molar-refractivity contribution >= 4 is 17.2 Å². The van der Waals surface area contributed by atoms with Crippen molar-refractivity contribution in [2.45, 2.75) is 13.3 Å². The maximum Gasteiger partial charge on any atom is 0.225 e. The Morgan fingerprint density at radius 3 is 3.00 bits per heavy atom. The molecule has 0 spiro atoms. The summed E-state index contributed by atoms with van der Waals surface area (Å²) in [5.74, 6) is 0.0793. The van der Waals surface area contributed by atoms with E-state index in [1.54, 1.807) is 16.8 Å². The molecule has 1 fully saturated rings. The van der Waals surface area contributed by atoms with Gasteiger partial charge in [-0.2, -0.15) is 0 Å². The zero-order valence-corrected chi connectivity index (χ0v) is 11.5. The molecule has 0 atom stereocenters. The van der Waals surface area contributed by atoms with Gasteiger partial charge in [0.15, 0.2) is 0 Å². The summed E-state index contributed by atoms with van der Waals surface area (Å²) in [6.07, 6.45) is 0.444. The second kappa shape index (κ2) is 6.82. The van der Waals surface area contributed by atoms with Gasteiger partial charge >= 0.3 is 0 Å². The quantitative estimate of drug-likeness (QED) is 0.843. The van der Waals surface area contributed by atoms with E-state index in [0.29, 0.717) is 13.0 Å². The average Bonchev–Trinajstić information content (AvgIpc) is 2.76. The normalized spacial score (nSPS) is 16.7. The largest absolute Gasteiger partial charge is 0.379 e. The highest BCUT2D eigenvalue weighted by Gasteiger charge is 2.11. The monoisotopic (exact) mass is 269 g/mol. The fraction of sp³-hybridized carbons (Fsp3) is 0.667. The highest BCUT2D eigenvalue weighted by molar-refractivity contribution is 7.09. The SMILES string of the molecule is Cc1ncsc1CC(=O)NCCN1CCOCC1. The van der Waals surface area contributed by atoms with Gasteiger partial charge in [-0.15, -0.1) is 11.3 Å². The molecule has 0 unspecified atom stereocenters. The van der Waals surface area contributed by atoms with Gasteiger partial charge in [0.2, 0.25) is 5.91 Å². The van der Waals surface area contributed by atoms with Crippen molar-refractivity contribution in [1.82, 2.24) is 15.2 Å². The third-order valence-electron chi connectivity index (χ3n) is 3.02. The number of hydrogen-bond acceptors (Lipinski definition) is 5. The number of carbonyl (C=O) groups excluding carboxylic acids is 1. The molecule has 0 saturated carbocycles. The van der Waals surface area contributed by atoms with Crippen molar-refractivity contribution < 1.29 is 9.53 Å². The summed E-state index contributed by atoms with van der Waals surface area (Å²) in [7, 11) is 0. The van der Waals surface area contributed by atoms with Gasteiger partial charge in [-0.3, -0.25) is 9.69 Å². The zero-order valence-electron chi connectivity index (χ0n) is 10.6. The van der Waals surface area contributed by atoms with Gasteiger partial charge in [0.25, 0.3) is 0 Å². The van der Waals surface area contributed by atoms with E-state index < -0.39 is 0 Å². The Morgan fingerprint density at radius 1 is 1.56 bits per heavy atom. The lowest BCUT2D eigenvalue weighted by Crippen LogP contribution is -2.41. The minimum absolute atomic E-state index is 0.0793. The lowest BCUT2D eigenvalue weighted by atomic mass is 10.3. The van der Waals surface area contributed by atoms with Crippen LogP contribution in [0.5, 0.6) is 0 Å². The van der Waals surface area contributed by atoms with Crippen LogP contribution in [0.4, 0.5) is 0 Å². The predicted octanol–water partition coefficient (Wildman–Crippen LogP) is 0.442. The number of ether oxygens (including phenoxy) is 1. The second-order valence-corrected chi connectivity index (χ2v) is 5.28. The van der Waals surface area contributed by atoms with Crippen LogP contribution in [-0.4, -0.2) is 55.2 Å². The maximum atomic E-state index is 11.7. The Kier molecular flexibility index (Phi) is 5.10. The van der Waals surface area contributed by atoms with E-state index in [9.17, 15) is 4.79 Å². The highest BCUT2D eigenvalue weighted by atomic mass is 32.1. The van der Waals surface area contributed by atoms with Crippen molar-refractivity contribution in [2.75, 3.05) is 39.4 Å². The average molecular weight is 269 g/mol. The highest BCUT2D eigenvalue weighted by Crippen LogP contribution is 2.12. The molecule has 1 N–H and O–H groups in total. The van der Waals surface area contributed by atoms with Crippen molar-refractivity contribution in [3.05, 3.63) is 16.1 Å². The van der Waals surface area contributed by atoms with Crippen LogP contribution < -0.4 is 5.32 Å². The number of thiazole rings is 1. The van der Waals surface area contributed by atoms with Crippen molar-refractivity contribution in [3.63, 3.8) is 0 Å². The minimum Gasteiger partial charge on any atom is -0.379 e. The fourth-order valence-electron chi connectivity index (χ4n) is 1.88. The Bertz CT molecular complexity index is 388. The number of amides is 1. The van der Waals surface area contributed by atoms with Crippen LogP contribution in [0.25, 0.3) is 0 Å². The van der Waals surface area contributed by atoms with Crippen molar-refractivity contribution in [2.24, 2.45) is 0 Å². The first-order valence-corrected chi connectivity index (χ1v) is 7.09. The molecule has 5 nitrogen and oxygen atoms in total. The van der Waals surface area contributed by atoms with E-state index in [4.69, 9.17) is 4.74 Å². The van der Waals surface area contributed by atoms with E-state index in [-0.39, 0.29) is 5.91 Å². The van der Waals surface area contributed by atoms with Gasteiger partial charge in [0.1, 0.15) is 0 Å². The molecule has 1 aromatic rings. The molecule has 0 aromatic carbocycles. The Balaban J connectivity index is 1.64. The molecule has 1 aliphatic rings. The first-order chi connectivity index (χ1) is 8.75. The number of morpholine rings is 1. The lowest BCUT2D eigenvalue weighted by Gasteiger charge is -2.26. The van der Waals surface area contributed by atoms with Gasteiger partial charge in [0, 0.05) is 31.1 Å². The van der Waals surface area contributed by atoms with Gasteiger partial charge in [-0.1, -0.05) is 0 Å². The second-order valence-electron chi connectivity index (χ2n) is 4.34. The van der Waals surface area contributed by atoms with E-state index in [1.807, 2.05) is 6.92 Å². The third-order valence-corrected chi connectivity index (χ3v) is 3.95. The smallest absolute Gasteiger partial charge is 0.225 e. The van der Waals surface area contributed by atoms with Crippen molar-refractivity contribution in [3.8, 4) is 0 Å². The Labute approximate surface area is 111 Å². The maximum absolute atomic E-state index is 11.7. The van der Waals surface area contributed by atoms with Crippen LogP contribution in [-0.2, 0) is 16.0 Å². The van der Waals surface area contributed by atoms with Gasteiger partial charge in [-0.05, 0) is 6.92 Å². The van der Waals surface area contributed by atoms with E-state index in [2.05, 4.69) is 15.2 Å². The van der Waals surface area contributed by atoms with Gasteiger partial charge in [-0.25, -0.2) is 4.98 Å². The Hall–Kier alpha value is -0.980.